The Hall–Kier alpha value is -2.92. The van der Waals surface area contributed by atoms with Crippen molar-refractivity contribution in [3.05, 3.63) is 156 Å². The molecule has 5 heteroatoms. The standard InChI is InChI=1S/C57H57N2P2.C5H5.Fe/c60-57(52-21-19-40-13-7-9-17-50(40)58-52,53-22-20-41-14-8-10-18-51(41)59-53)49-33-47(39-11-3-1-4-12-39)54(42-15-5-2-6-16-42)48(49)34-61(55-43-25-35-23-36(27-43)28-44(55)26-35)56-45-29-37-24-38(31-45)32-46(56)30-37;1-2-4-5-3-1;/h1-22,33,35-38,43-46,55-56H,23-32,34,60H2;1-5H;. The number of hydrogen-bond donors (Lipinski definition) is 0. The van der Waals surface area contributed by atoms with E-state index in [1.54, 1.807) is 70.4 Å². The van der Waals surface area contributed by atoms with E-state index >= 15 is 0 Å². The van der Waals surface area contributed by atoms with Gasteiger partial charge in [-0.2, -0.15) is 0 Å². The Balaban J connectivity index is 0.890. The molecule has 6 unspecified atom stereocenters. The van der Waals surface area contributed by atoms with Gasteiger partial charge >= 0.3 is 392 Å². The SMILES string of the molecule is PC(c1ccc2ccccc2n1)(c1ccc2ccccc2n1)[C]12[CH]3[C]4(c5ccccc5)[C]5(c6ccccc6)[C]1(CP(C1C6CC7CC(C6)CC1C7)C1C6CC7CC(C6)CC1C7)[Fe]34521678[CH]2[CH]1[CH]6[CH]7[CH]28. The van der Waals surface area contributed by atoms with Crippen LogP contribution in [0, 0.1) is 47.3 Å². The van der Waals surface area contributed by atoms with Crippen LogP contribution >= 0.6 is 17.2 Å². The van der Waals surface area contributed by atoms with Crippen LogP contribution in [0.25, 0.3) is 21.8 Å². The van der Waals surface area contributed by atoms with Gasteiger partial charge in [-0.3, -0.25) is 0 Å². The third kappa shape index (κ3) is 1.40. The summed E-state index contributed by atoms with van der Waals surface area (Å²) < 4.78 is 1.49. The average molecular weight is 953 g/mol. The quantitative estimate of drug-likeness (QED) is 0.107. The predicted molar refractivity (Wildman–Crippen MR) is 272 cm³/mol. The third-order valence-electron chi connectivity index (χ3n) is 32.0. The summed E-state index contributed by atoms with van der Waals surface area (Å²) in [5.41, 5.74) is 10.8. The molecular formula is C62H62FeN2P2. The minimum absolute atomic E-state index is 0.168. The Morgan fingerprint density at radius 2 is 0.910 bits per heavy atom. The second-order valence-corrected chi connectivity index (χ2v) is 54.9. The molecule has 8 bridgehead atoms. The van der Waals surface area contributed by atoms with Gasteiger partial charge in [-0.05, 0) is 0 Å². The Morgan fingerprint density at radius 1 is 0.493 bits per heavy atom. The fourth-order valence-corrected chi connectivity index (χ4v) is 127. The molecule has 6 aromatic rings. The third-order valence-corrected chi connectivity index (χ3v) is 82.0. The Bertz CT molecular complexity index is 3610. The van der Waals surface area contributed by atoms with E-state index in [9.17, 15) is 0 Å². The van der Waals surface area contributed by atoms with Gasteiger partial charge in [0.2, 0.25) is 0 Å². The van der Waals surface area contributed by atoms with Crippen LogP contribution in [0.2, 0.25) is 37.5 Å². The minimum atomic E-state index is -5.16. The van der Waals surface area contributed by atoms with Crippen molar-refractivity contribution >= 4 is 39.0 Å². The molecule has 1 spiro atoms. The van der Waals surface area contributed by atoms with Gasteiger partial charge in [0.05, 0.1) is 0 Å². The molecule has 24 rings (SSSR count). The summed E-state index contributed by atoms with van der Waals surface area (Å²) in [5.74, 6) is 8.24. The molecule has 0 radical (unpaired) electrons. The number of nitrogens with zero attached hydrogens (tertiary/aromatic N) is 2. The molecule has 0 N–H and O–H groups in total. The molecule has 18 fully saturated rings. The number of para-hydroxylation sites is 2. The first-order valence-electron chi connectivity index (χ1n) is 27.3. The van der Waals surface area contributed by atoms with Gasteiger partial charge in [-0.15, -0.1) is 0 Å². The van der Waals surface area contributed by atoms with Crippen molar-refractivity contribution < 1.29 is 6.51 Å². The van der Waals surface area contributed by atoms with Crippen LogP contribution in [0.1, 0.15) is 86.7 Å². The van der Waals surface area contributed by atoms with Crippen molar-refractivity contribution in [3.63, 3.8) is 0 Å². The summed E-state index contributed by atoms with van der Waals surface area (Å²) in [5, 5.41) is 2.22. The zero-order valence-electron chi connectivity index (χ0n) is 38.5. The fourth-order valence-electron chi connectivity index (χ4n) is 35.0. The van der Waals surface area contributed by atoms with Crippen LogP contribution in [-0.4, -0.2) is 27.4 Å². The van der Waals surface area contributed by atoms with E-state index in [1.165, 1.54) is 33.2 Å². The van der Waals surface area contributed by atoms with Crippen LogP contribution in [-0.2, 0) is 20.3 Å². The Kier molecular flexibility index (Phi) is 3.86. The summed E-state index contributed by atoms with van der Waals surface area (Å²) in [6, 6.07) is 54.0. The average Bonchev–Trinajstić information content (AvgIpc) is 3.95. The van der Waals surface area contributed by atoms with Crippen molar-refractivity contribution in [1.29, 1.82) is 0 Å². The number of pyridine rings is 2. The first kappa shape index (κ1) is 35.2. The molecule has 8 aliphatic carbocycles. The van der Waals surface area contributed by atoms with E-state index < -0.39 is 6.51 Å². The second kappa shape index (κ2) is 7.33. The van der Waals surface area contributed by atoms with E-state index in [0.717, 1.165) is 87.6 Å². The summed E-state index contributed by atoms with van der Waals surface area (Å²) in [6.07, 6.45) is 17.5. The van der Waals surface area contributed by atoms with Gasteiger partial charge in [-0.25, -0.2) is 0 Å². The normalized spacial score (nSPS) is 59.5. The van der Waals surface area contributed by atoms with Crippen LogP contribution in [0.5, 0.6) is 0 Å². The predicted octanol–water partition coefficient (Wildman–Crippen LogP) is 15.4. The molecule has 67 heavy (non-hydrogen) atoms. The summed E-state index contributed by atoms with van der Waals surface area (Å²) in [4.78, 5) is 18.2. The first-order chi connectivity index (χ1) is 32.8. The zero-order chi connectivity index (χ0) is 43.0. The van der Waals surface area contributed by atoms with Crippen molar-refractivity contribution in [3.8, 4) is 0 Å². The molecule has 10 aliphatic heterocycles. The molecule has 4 aromatic carbocycles. The number of hydrogen-bond acceptors (Lipinski definition) is 2. The summed E-state index contributed by atoms with van der Waals surface area (Å²) in [6.45, 7) is -5.16. The van der Waals surface area contributed by atoms with Crippen LogP contribution < -0.4 is 0 Å². The van der Waals surface area contributed by atoms with Crippen LogP contribution in [0.3, 0.4) is 0 Å². The molecule has 6 atom stereocenters. The van der Waals surface area contributed by atoms with Gasteiger partial charge in [-0.1, -0.05) is 0 Å². The fraction of sp³-hybridized carbons (Fsp3) is 0.516. The summed E-state index contributed by atoms with van der Waals surface area (Å²) in [7, 11) is 3.78. The molecule has 338 valence electrons. The van der Waals surface area contributed by atoms with Gasteiger partial charge in [0, 0.05) is 0 Å². The zero-order valence-corrected chi connectivity index (χ0v) is 41.6. The molecule has 8 saturated carbocycles. The van der Waals surface area contributed by atoms with Gasteiger partial charge in [0.1, 0.15) is 0 Å². The van der Waals surface area contributed by atoms with Crippen molar-refractivity contribution in [1.82, 2.24) is 9.97 Å². The monoisotopic (exact) mass is 952 g/mol. The molecule has 2 nitrogen and oxygen atoms in total. The molecule has 2 aromatic heterocycles. The Morgan fingerprint density at radius 3 is 1.36 bits per heavy atom. The second-order valence-electron chi connectivity index (χ2n) is 28.9. The maximum absolute atomic E-state index is 6.06. The van der Waals surface area contributed by atoms with E-state index in [4.69, 9.17) is 9.97 Å². The molecule has 12 heterocycles. The number of benzene rings is 4. The topological polar surface area (TPSA) is 25.8 Å². The van der Waals surface area contributed by atoms with E-state index in [1.807, 2.05) is 11.1 Å². The van der Waals surface area contributed by atoms with Gasteiger partial charge in [0.15, 0.2) is 0 Å². The number of fused-ring (bicyclic) bond motifs is 12. The van der Waals surface area contributed by atoms with Crippen molar-refractivity contribution in [2.24, 2.45) is 47.3 Å². The maximum atomic E-state index is 6.06. The van der Waals surface area contributed by atoms with E-state index in [-0.39, 0.29) is 17.4 Å². The van der Waals surface area contributed by atoms with Crippen molar-refractivity contribution in [2.75, 3.05) is 6.16 Å². The van der Waals surface area contributed by atoms with E-state index in [0.29, 0.717) is 12.9 Å². The van der Waals surface area contributed by atoms with E-state index in [2.05, 4.69) is 143 Å². The summed E-state index contributed by atoms with van der Waals surface area (Å²) >= 11 is 0. The van der Waals surface area contributed by atoms with Crippen LogP contribution in [0.4, 0.5) is 0 Å². The molecule has 10 saturated heterocycles. The van der Waals surface area contributed by atoms with Gasteiger partial charge < -0.3 is 0 Å². The first-order valence-corrected chi connectivity index (χ1v) is 35.6. The number of aromatic nitrogens is 2. The van der Waals surface area contributed by atoms with Gasteiger partial charge in [0.25, 0.3) is 0 Å². The number of rotatable bonds is 9. The van der Waals surface area contributed by atoms with Crippen LogP contribution in [0.15, 0.2) is 133 Å². The molecule has 0 amide bonds. The van der Waals surface area contributed by atoms with Crippen molar-refractivity contribution in [2.45, 2.75) is 127 Å². The molecular weight excluding hydrogens is 890 g/mol. The Labute approximate surface area is 389 Å². The molecule has 18 aliphatic rings.